The van der Waals surface area contributed by atoms with Crippen molar-refractivity contribution in [3.05, 3.63) is 0 Å². The van der Waals surface area contributed by atoms with Crippen molar-refractivity contribution in [2.24, 2.45) is 58.0 Å². The Bertz CT molecular complexity index is 652. The Kier molecular flexibility index (Phi) is 6.07. The van der Waals surface area contributed by atoms with E-state index in [1.54, 1.807) is 0 Å². The lowest BCUT2D eigenvalue weighted by molar-refractivity contribution is -0.203. The highest BCUT2D eigenvalue weighted by Gasteiger charge is 2.64. The van der Waals surface area contributed by atoms with Crippen LogP contribution in [0.15, 0.2) is 0 Å². The highest BCUT2D eigenvalue weighted by Crippen LogP contribution is 2.69. The minimum atomic E-state index is -0.229. The first-order valence-electron chi connectivity index (χ1n) is 12.8. The maximum atomic E-state index is 11.7. The van der Waals surface area contributed by atoms with E-state index in [0.29, 0.717) is 47.8 Å². The summed E-state index contributed by atoms with van der Waals surface area (Å²) in [6, 6.07) is 0. The fourth-order valence-corrected chi connectivity index (χ4v) is 9.50. The van der Waals surface area contributed by atoms with Crippen molar-refractivity contribution in [1.29, 1.82) is 0 Å². The van der Waals surface area contributed by atoms with Gasteiger partial charge in [0, 0.05) is 6.42 Å². The van der Waals surface area contributed by atoms with Crippen LogP contribution in [0.3, 0.4) is 0 Å². The lowest BCUT2D eigenvalue weighted by Crippen LogP contribution is -2.62. The average Bonchev–Trinajstić information content (AvgIpc) is 3.05. The van der Waals surface area contributed by atoms with Gasteiger partial charge in [-0.05, 0) is 104 Å². The zero-order valence-corrected chi connectivity index (χ0v) is 19.6. The molecule has 0 aromatic rings. The lowest BCUT2D eigenvalue weighted by Gasteiger charge is -2.64. The molecule has 4 fully saturated rings. The normalized spacial score (nSPS) is 51.5. The van der Waals surface area contributed by atoms with Gasteiger partial charge in [0.15, 0.2) is 0 Å². The molecule has 30 heavy (non-hydrogen) atoms. The average molecular weight is 420 g/mol. The Morgan fingerprint density at radius 2 is 1.70 bits per heavy atom. The molecule has 4 saturated carbocycles. The van der Waals surface area contributed by atoms with E-state index in [1.807, 2.05) is 0 Å². The van der Waals surface area contributed by atoms with Gasteiger partial charge in [-0.2, -0.15) is 0 Å². The molecule has 0 bridgehead atoms. The maximum Gasteiger partial charge on any atom is 0.217 e. The van der Waals surface area contributed by atoms with Crippen molar-refractivity contribution in [3.63, 3.8) is 0 Å². The number of carbonyl (C=O) groups excluding carboxylic acids is 1. The van der Waals surface area contributed by atoms with Crippen molar-refractivity contribution in [1.82, 2.24) is 0 Å². The summed E-state index contributed by atoms with van der Waals surface area (Å²) in [5, 5.41) is 22.1. The number of nitrogens with two attached hydrogens (primary N) is 1. The molecule has 4 aliphatic carbocycles. The molecule has 11 atom stereocenters. The van der Waals surface area contributed by atoms with Gasteiger partial charge < -0.3 is 15.9 Å². The van der Waals surface area contributed by atoms with E-state index < -0.39 is 0 Å². The van der Waals surface area contributed by atoms with E-state index in [2.05, 4.69) is 27.7 Å². The van der Waals surface area contributed by atoms with E-state index in [9.17, 15) is 15.0 Å². The maximum absolute atomic E-state index is 11.7. The minimum absolute atomic E-state index is 0.183. The second-order valence-electron chi connectivity index (χ2n) is 12.1. The molecule has 1 amide bonds. The van der Waals surface area contributed by atoms with Gasteiger partial charge in [-0.1, -0.05) is 34.1 Å². The fraction of sp³-hybridized carbons (Fsp3) is 0.962. The third-order valence-electron chi connectivity index (χ3n) is 11.0. The number of carbonyl (C=O) groups is 1. The highest BCUT2D eigenvalue weighted by atomic mass is 16.3. The van der Waals surface area contributed by atoms with E-state index >= 15 is 0 Å². The van der Waals surface area contributed by atoms with Gasteiger partial charge in [0.05, 0.1) is 12.2 Å². The number of rotatable bonds is 5. The summed E-state index contributed by atoms with van der Waals surface area (Å²) in [6.45, 7) is 9.56. The molecule has 0 aromatic carbocycles. The number of amides is 1. The quantitative estimate of drug-likeness (QED) is 0.613. The minimum Gasteiger partial charge on any atom is -0.393 e. The van der Waals surface area contributed by atoms with Crippen LogP contribution in [-0.2, 0) is 4.79 Å². The van der Waals surface area contributed by atoms with Gasteiger partial charge in [0.25, 0.3) is 0 Å². The van der Waals surface area contributed by atoms with E-state index in [1.165, 1.54) is 25.7 Å². The Labute approximate surface area is 183 Å². The number of hydrogen-bond acceptors (Lipinski definition) is 3. The van der Waals surface area contributed by atoms with Crippen LogP contribution in [0.2, 0.25) is 0 Å². The molecule has 4 aliphatic rings. The largest absolute Gasteiger partial charge is 0.393 e. The number of fused-ring (bicyclic) bond motifs is 5. The van der Waals surface area contributed by atoms with Crippen LogP contribution >= 0.6 is 0 Å². The van der Waals surface area contributed by atoms with Gasteiger partial charge in [0.1, 0.15) is 0 Å². The summed E-state index contributed by atoms with van der Waals surface area (Å²) in [6.07, 6.45) is 9.83. The summed E-state index contributed by atoms with van der Waals surface area (Å²) in [7, 11) is 0. The van der Waals surface area contributed by atoms with E-state index in [0.717, 1.165) is 32.1 Å². The van der Waals surface area contributed by atoms with Crippen molar-refractivity contribution < 1.29 is 15.0 Å². The molecule has 0 heterocycles. The summed E-state index contributed by atoms with van der Waals surface area (Å²) in [4.78, 5) is 11.3. The zero-order chi connectivity index (χ0) is 21.8. The third kappa shape index (κ3) is 3.36. The molecule has 0 spiro atoms. The van der Waals surface area contributed by atoms with Crippen LogP contribution in [0.25, 0.3) is 0 Å². The Morgan fingerprint density at radius 1 is 1.03 bits per heavy atom. The topological polar surface area (TPSA) is 83.5 Å². The molecule has 0 radical (unpaired) electrons. The Hall–Kier alpha value is -0.610. The number of aliphatic hydroxyl groups excluding tert-OH is 2. The standard InChI is InChI=1S/C26H45NO3/c1-5-17-21-14-16(28)10-12-26(21,4)20-11-13-25(3)18(15(2)6-9-22(27)29)7-8-19(25)23(20)24(17)30/h15-21,23-24,28,30H,5-14H2,1-4H3,(H2,27,29)/t15-,16-,17-,18?,19?,20?,21+,23?,24-,25-,26-/m1/s1. The van der Waals surface area contributed by atoms with Crippen LogP contribution in [-0.4, -0.2) is 28.3 Å². The van der Waals surface area contributed by atoms with Crippen LogP contribution in [0.4, 0.5) is 0 Å². The number of aliphatic hydroxyl groups is 2. The van der Waals surface area contributed by atoms with Gasteiger partial charge in [-0.15, -0.1) is 0 Å². The predicted octanol–water partition coefficient (Wildman–Crippen LogP) is 4.51. The molecule has 0 saturated heterocycles. The van der Waals surface area contributed by atoms with Gasteiger partial charge in [0.2, 0.25) is 5.91 Å². The first kappa shape index (κ1) is 22.6. The predicted molar refractivity (Wildman–Crippen MR) is 119 cm³/mol. The van der Waals surface area contributed by atoms with Crippen molar-refractivity contribution in [2.75, 3.05) is 0 Å². The van der Waals surface area contributed by atoms with Crippen molar-refractivity contribution >= 4 is 5.91 Å². The van der Waals surface area contributed by atoms with Crippen LogP contribution in [0.5, 0.6) is 0 Å². The van der Waals surface area contributed by atoms with Crippen molar-refractivity contribution in [3.8, 4) is 0 Å². The number of hydrogen-bond donors (Lipinski definition) is 3. The van der Waals surface area contributed by atoms with Gasteiger partial charge >= 0.3 is 0 Å². The third-order valence-corrected chi connectivity index (χ3v) is 11.0. The second-order valence-corrected chi connectivity index (χ2v) is 12.1. The van der Waals surface area contributed by atoms with Crippen LogP contribution in [0.1, 0.15) is 91.9 Å². The molecule has 0 aromatic heterocycles. The highest BCUT2D eigenvalue weighted by molar-refractivity contribution is 5.73. The summed E-state index contributed by atoms with van der Waals surface area (Å²) in [5.74, 6) is 3.32. The summed E-state index contributed by atoms with van der Waals surface area (Å²) >= 11 is 0. The smallest absolute Gasteiger partial charge is 0.217 e. The van der Waals surface area contributed by atoms with Crippen molar-refractivity contribution in [2.45, 2.75) is 104 Å². The second kappa shape index (κ2) is 8.06. The molecule has 172 valence electrons. The zero-order valence-electron chi connectivity index (χ0n) is 19.6. The number of primary amides is 1. The SMILES string of the molecule is CC[C@H]1[C@@H](O)C2C3CCC([C@H](C)CCC(N)=O)[C@@]3(C)CCC2[C@@]2(C)CC[C@@H](O)C[C@@H]12. The van der Waals surface area contributed by atoms with Crippen LogP contribution < -0.4 is 5.73 Å². The first-order valence-corrected chi connectivity index (χ1v) is 12.8. The molecule has 4 N–H and O–H groups in total. The molecular weight excluding hydrogens is 374 g/mol. The summed E-state index contributed by atoms with van der Waals surface area (Å²) in [5.41, 5.74) is 5.97. The molecule has 4 rings (SSSR count). The van der Waals surface area contributed by atoms with Gasteiger partial charge in [-0.3, -0.25) is 4.79 Å². The first-order chi connectivity index (χ1) is 14.1. The monoisotopic (exact) mass is 419 g/mol. The summed E-state index contributed by atoms with van der Waals surface area (Å²) < 4.78 is 0. The van der Waals surface area contributed by atoms with E-state index in [4.69, 9.17) is 5.73 Å². The Morgan fingerprint density at radius 3 is 2.37 bits per heavy atom. The Balaban J connectivity index is 1.61. The lowest BCUT2D eigenvalue weighted by atomic mass is 9.41. The molecule has 0 aliphatic heterocycles. The molecule has 4 nitrogen and oxygen atoms in total. The molecule has 4 unspecified atom stereocenters. The van der Waals surface area contributed by atoms with Crippen LogP contribution in [0, 0.1) is 52.3 Å². The van der Waals surface area contributed by atoms with E-state index in [-0.39, 0.29) is 28.9 Å². The fourth-order valence-electron chi connectivity index (χ4n) is 9.50. The molecular formula is C26H45NO3. The van der Waals surface area contributed by atoms with Gasteiger partial charge in [-0.25, -0.2) is 0 Å². The molecule has 4 heteroatoms.